The highest BCUT2D eigenvalue weighted by Gasteiger charge is 2.06. The summed E-state index contributed by atoms with van der Waals surface area (Å²) in [6.07, 6.45) is 2.06. The summed E-state index contributed by atoms with van der Waals surface area (Å²) in [7, 11) is 1.67. The largest absolute Gasteiger partial charge is 0.497 e. The molecule has 3 rings (SSSR count). The van der Waals surface area contributed by atoms with Crippen LogP contribution in [0.2, 0.25) is 0 Å². The average Bonchev–Trinajstić information content (AvgIpc) is 2.84. The maximum absolute atomic E-state index is 5.24. The number of hydrogen-bond donors (Lipinski definition) is 0. The normalized spacial score (nSPS) is 10.2. The highest BCUT2D eigenvalue weighted by molar-refractivity contribution is 8.93. The highest BCUT2D eigenvalue weighted by atomic mass is 79.9. The third kappa shape index (κ3) is 2.49. The van der Waals surface area contributed by atoms with Gasteiger partial charge in [-0.2, -0.15) is 0 Å². The Hall–Kier alpha value is -1.81. The van der Waals surface area contributed by atoms with Gasteiger partial charge < -0.3 is 9.14 Å². The second-order valence-corrected chi connectivity index (χ2v) is 4.25. The molecule has 0 unspecified atom stereocenters. The van der Waals surface area contributed by atoms with Crippen molar-refractivity contribution in [1.82, 2.24) is 9.38 Å². The van der Waals surface area contributed by atoms with Gasteiger partial charge in [0.15, 0.2) is 0 Å². The fourth-order valence-corrected chi connectivity index (χ4v) is 2.07. The summed E-state index contributed by atoms with van der Waals surface area (Å²) in [6, 6.07) is 14.1. The van der Waals surface area contributed by atoms with Crippen LogP contribution in [0.4, 0.5) is 0 Å². The number of benzene rings is 1. The molecule has 0 aliphatic carbocycles. The van der Waals surface area contributed by atoms with Crippen LogP contribution in [0, 0.1) is 6.92 Å². The molecule has 0 atom stereocenters. The number of nitrogens with zero attached hydrogens (tertiary/aromatic N) is 2. The molecule has 0 spiro atoms. The summed E-state index contributed by atoms with van der Waals surface area (Å²) < 4.78 is 7.33. The van der Waals surface area contributed by atoms with Gasteiger partial charge in [0.25, 0.3) is 0 Å². The Morgan fingerprint density at radius 3 is 2.63 bits per heavy atom. The Morgan fingerprint density at radius 1 is 1.11 bits per heavy atom. The van der Waals surface area contributed by atoms with E-state index in [4.69, 9.17) is 4.74 Å². The number of aryl methyl sites for hydroxylation is 1. The van der Waals surface area contributed by atoms with Crippen LogP contribution in [-0.2, 0) is 0 Å². The lowest BCUT2D eigenvalue weighted by atomic mass is 10.1. The number of aromatic nitrogens is 2. The number of ether oxygens (including phenoxy) is 1. The first-order chi connectivity index (χ1) is 8.78. The fourth-order valence-electron chi connectivity index (χ4n) is 2.07. The van der Waals surface area contributed by atoms with Crippen LogP contribution >= 0.6 is 17.0 Å². The van der Waals surface area contributed by atoms with Gasteiger partial charge in [-0.05, 0) is 31.2 Å². The van der Waals surface area contributed by atoms with Crippen molar-refractivity contribution in [2.45, 2.75) is 6.92 Å². The maximum atomic E-state index is 5.24. The Morgan fingerprint density at radius 2 is 1.89 bits per heavy atom. The number of rotatable bonds is 2. The van der Waals surface area contributed by atoms with Crippen LogP contribution in [0.3, 0.4) is 0 Å². The first kappa shape index (κ1) is 13.6. The van der Waals surface area contributed by atoms with Crippen LogP contribution in [0.5, 0.6) is 5.75 Å². The Balaban J connectivity index is 0.00000133. The van der Waals surface area contributed by atoms with E-state index in [1.807, 2.05) is 36.4 Å². The molecule has 0 aliphatic rings. The third-order valence-electron chi connectivity index (χ3n) is 3.06. The number of hydrogen-bond acceptors (Lipinski definition) is 2. The number of methoxy groups -OCH3 is 1. The van der Waals surface area contributed by atoms with Crippen LogP contribution in [0.25, 0.3) is 16.9 Å². The minimum Gasteiger partial charge on any atom is -0.497 e. The van der Waals surface area contributed by atoms with Gasteiger partial charge in [-0.25, -0.2) is 4.98 Å². The molecule has 0 saturated heterocycles. The van der Waals surface area contributed by atoms with Gasteiger partial charge in [0, 0.05) is 17.5 Å². The molecule has 98 valence electrons. The van der Waals surface area contributed by atoms with Crippen LogP contribution in [0.1, 0.15) is 5.69 Å². The van der Waals surface area contributed by atoms with Crippen LogP contribution in [-0.4, -0.2) is 16.5 Å². The molecule has 0 fully saturated rings. The molecule has 0 N–H and O–H groups in total. The highest BCUT2D eigenvalue weighted by Crippen LogP contribution is 2.23. The van der Waals surface area contributed by atoms with Crippen molar-refractivity contribution in [2.24, 2.45) is 0 Å². The summed E-state index contributed by atoms with van der Waals surface area (Å²) in [4.78, 5) is 4.63. The van der Waals surface area contributed by atoms with Crippen molar-refractivity contribution in [3.8, 4) is 17.0 Å². The van der Waals surface area contributed by atoms with Gasteiger partial charge >= 0.3 is 0 Å². The number of pyridine rings is 1. The average molecular weight is 319 g/mol. The molecule has 0 aliphatic heterocycles. The van der Waals surface area contributed by atoms with Crippen molar-refractivity contribution < 1.29 is 4.74 Å². The maximum Gasteiger partial charge on any atom is 0.137 e. The first-order valence-electron chi connectivity index (χ1n) is 5.87. The fraction of sp³-hybridized carbons (Fsp3) is 0.133. The predicted molar refractivity (Wildman–Crippen MR) is 82.2 cm³/mol. The van der Waals surface area contributed by atoms with Crippen molar-refractivity contribution in [3.05, 3.63) is 54.4 Å². The molecule has 0 radical (unpaired) electrons. The summed E-state index contributed by atoms with van der Waals surface area (Å²) in [5.74, 6) is 0.848. The third-order valence-corrected chi connectivity index (χ3v) is 3.06. The Bertz CT molecular complexity index is 706. The lowest BCUT2D eigenvalue weighted by Crippen LogP contribution is -1.86. The molecule has 3 aromatic rings. The van der Waals surface area contributed by atoms with Crippen LogP contribution < -0.4 is 4.74 Å². The van der Waals surface area contributed by atoms with E-state index in [1.165, 1.54) is 5.69 Å². The SMILES string of the molecule is Br.COc1cccc(-c2cn3c(C)cccc3n2)c1. The molecule has 0 saturated carbocycles. The van der Waals surface area contributed by atoms with Crippen molar-refractivity contribution >= 4 is 22.6 Å². The molecule has 3 nitrogen and oxygen atoms in total. The van der Waals surface area contributed by atoms with Gasteiger partial charge in [0.1, 0.15) is 11.4 Å². The molecular weight excluding hydrogens is 304 g/mol. The van der Waals surface area contributed by atoms with E-state index >= 15 is 0 Å². The molecule has 2 heterocycles. The molecule has 2 aromatic heterocycles. The van der Waals surface area contributed by atoms with Crippen molar-refractivity contribution in [2.75, 3.05) is 7.11 Å². The van der Waals surface area contributed by atoms with Crippen molar-refractivity contribution in [3.63, 3.8) is 0 Å². The molecule has 0 bridgehead atoms. The minimum atomic E-state index is 0. The van der Waals surface area contributed by atoms with E-state index < -0.39 is 0 Å². The Kier molecular flexibility index (Phi) is 3.90. The smallest absolute Gasteiger partial charge is 0.137 e. The second-order valence-electron chi connectivity index (χ2n) is 4.25. The van der Waals surface area contributed by atoms with E-state index in [0.29, 0.717) is 0 Å². The standard InChI is InChI=1S/C15H14N2O.BrH/c1-11-5-3-8-15-16-14(10-17(11)15)12-6-4-7-13(9-12)18-2;/h3-10H,1-2H3;1H. The van der Waals surface area contributed by atoms with Gasteiger partial charge in [-0.15, -0.1) is 17.0 Å². The van der Waals surface area contributed by atoms with E-state index in [2.05, 4.69) is 28.6 Å². The van der Waals surface area contributed by atoms with Gasteiger partial charge in [0.2, 0.25) is 0 Å². The molecule has 1 aromatic carbocycles. The monoisotopic (exact) mass is 318 g/mol. The first-order valence-corrected chi connectivity index (χ1v) is 5.87. The minimum absolute atomic E-state index is 0. The Labute approximate surface area is 122 Å². The second kappa shape index (κ2) is 5.45. The summed E-state index contributed by atoms with van der Waals surface area (Å²) in [5, 5.41) is 0. The lowest BCUT2D eigenvalue weighted by Gasteiger charge is -2.01. The molecule has 0 amide bonds. The number of fused-ring (bicyclic) bond motifs is 1. The zero-order chi connectivity index (χ0) is 12.5. The zero-order valence-corrected chi connectivity index (χ0v) is 12.5. The summed E-state index contributed by atoms with van der Waals surface area (Å²) >= 11 is 0. The molecule has 4 heteroatoms. The van der Waals surface area contributed by atoms with Gasteiger partial charge in [0.05, 0.1) is 12.8 Å². The van der Waals surface area contributed by atoms with Gasteiger partial charge in [-0.1, -0.05) is 18.2 Å². The van der Waals surface area contributed by atoms with E-state index in [0.717, 1.165) is 22.7 Å². The number of imidazole rings is 1. The summed E-state index contributed by atoms with van der Waals surface area (Å²) in [6.45, 7) is 2.07. The number of halogens is 1. The topological polar surface area (TPSA) is 26.5 Å². The van der Waals surface area contributed by atoms with Gasteiger partial charge in [-0.3, -0.25) is 0 Å². The van der Waals surface area contributed by atoms with E-state index in [-0.39, 0.29) is 17.0 Å². The predicted octanol–water partition coefficient (Wildman–Crippen LogP) is 3.90. The van der Waals surface area contributed by atoms with Crippen molar-refractivity contribution in [1.29, 1.82) is 0 Å². The zero-order valence-electron chi connectivity index (χ0n) is 10.8. The van der Waals surface area contributed by atoms with E-state index in [9.17, 15) is 0 Å². The summed E-state index contributed by atoms with van der Waals surface area (Å²) in [5.41, 5.74) is 4.17. The molecule has 19 heavy (non-hydrogen) atoms. The van der Waals surface area contributed by atoms with E-state index in [1.54, 1.807) is 7.11 Å². The van der Waals surface area contributed by atoms with Crippen LogP contribution in [0.15, 0.2) is 48.7 Å². The lowest BCUT2D eigenvalue weighted by molar-refractivity contribution is 0.415. The quantitative estimate of drug-likeness (QED) is 0.716. The molecular formula is C15H15BrN2O.